The largest absolute Gasteiger partial charge is 0.444 e. The zero-order valence-electron chi connectivity index (χ0n) is 11.4. The number of hydrogen-bond donors (Lipinski definition) is 2. The van der Waals surface area contributed by atoms with Gasteiger partial charge in [-0.05, 0) is 18.2 Å². The van der Waals surface area contributed by atoms with Crippen LogP contribution < -0.4 is 11.5 Å². The summed E-state index contributed by atoms with van der Waals surface area (Å²) in [5.74, 6) is 1.75. The highest BCUT2D eigenvalue weighted by Crippen LogP contribution is 2.25. The van der Waals surface area contributed by atoms with Gasteiger partial charge in [-0.15, -0.1) is 0 Å². The molecule has 0 aliphatic rings. The van der Waals surface area contributed by atoms with E-state index in [0.717, 1.165) is 11.3 Å². The fourth-order valence-corrected chi connectivity index (χ4v) is 2.73. The van der Waals surface area contributed by atoms with Crippen molar-refractivity contribution >= 4 is 35.0 Å². The molecule has 0 radical (unpaired) electrons. The number of rotatable bonds is 4. The number of nitrogens with zero attached hydrogens (tertiary/aromatic N) is 3. The van der Waals surface area contributed by atoms with Gasteiger partial charge in [-0.2, -0.15) is 0 Å². The molecule has 0 saturated heterocycles. The second-order valence-corrected chi connectivity index (χ2v) is 5.82. The minimum absolute atomic E-state index is 0.342. The van der Waals surface area contributed by atoms with Crippen LogP contribution in [0.1, 0.15) is 5.69 Å². The Hall–Kier alpha value is -2.25. The Morgan fingerprint density at radius 2 is 1.86 bits per heavy atom. The van der Waals surface area contributed by atoms with Crippen LogP contribution in [0.4, 0.5) is 11.6 Å². The van der Waals surface area contributed by atoms with Crippen LogP contribution in [0.25, 0.3) is 11.5 Å². The van der Waals surface area contributed by atoms with Gasteiger partial charge < -0.3 is 15.9 Å². The average molecular weight is 334 g/mol. The number of nitrogens with two attached hydrogens (primary N) is 2. The van der Waals surface area contributed by atoms with Gasteiger partial charge in [-0.25, -0.2) is 15.0 Å². The lowest BCUT2D eigenvalue weighted by Crippen LogP contribution is -1.99. The van der Waals surface area contributed by atoms with Crippen LogP contribution in [-0.4, -0.2) is 15.0 Å². The smallest absolute Gasteiger partial charge is 0.226 e. The van der Waals surface area contributed by atoms with E-state index in [0.29, 0.717) is 33.5 Å². The van der Waals surface area contributed by atoms with Crippen molar-refractivity contribution in [1.82, 2.24) is 15.0 Å². The van der Waals surface area contributed by atoms with E-state index in [4.69, 9.17) is 27.5 Å². The van der Waals surface area contributed by atoms with Gasteiger partial charge >= 0.3 is 0 Å². The van der Waals surface area contributed by atoms with E-state index in [9.17, 15) is 0 Å². The standard InChI is InChI=1S/C14H12ClN5OS/c15-9-3-1-2-8(4-9)13-18-10(6-21-13)7-22-14-19-11(16)5-12(17)20-14/h1-6H,7H2,(H4,16,17,19,20). The number of oxazole rings is 1. The first-order valence-electron chi connectivity index (χ1n) is 6.33. The number of aromatic nitrogens is 3. The normalized spacial score (nSPS) is 10.8. The molecular weight excluding hydrogens is 322 g/mol. The Morgan fingerprint density at radius 3 is 2.59 bits per heavy atom. The van der Waals surface area contributed by atoms with Crippen molar-refractivity contribution in [1.29, 1.82) is 0 Å². The Kier molecular flexibility index (Phi) is 4.17. The molecule has 0 unspecified atom stereocenters. The summed E-state index contributed by atoms with van der Waals surface area (Å²) in [6, 6.07) is 8.84. The van der Waals surface area contributed by atoms with E-state index >= 15 is 0 Å². The number of halogens is 1. The van der Waals surface area contributed by atoms with Crippen LogP contribution in [0.5, 0.6) is 0 Å². The van der Waals surface area contributed by atoms with E-state index in [2.05, 4.69) is 15.0 Å². The molecule has 1 aromatic carbocycles. The van der Waals surface area contributed by atoms with Crippen molar-refractivity contribution in [2.24, 2.45) is 0 Å². The molecule has 0 bridgehead atoms. The molecule has 112 valence electrons. The maximum atomic E-state index is 5.96. The number of anilines is 2. The minimum Gasteiger partial charge on any atom is -0.444 e. The summed E-state index contributed by atoms with van der Waals surface area (Å²) < 4.78 is 5.47. The molecule has 0 aliphatic heterocycles. The molecule has 8 heteroatoms. The van der Waals surface area contributed by atoms with Gasteiger partial charge in [0, 0.05) is 22.4 Å². The molecule has 0 atom stereocenters. The molecule has 2 aromatic heterocycles. The van der Waals surface area contributed by atoms with Gasteiger partial charge in [0.2, 0.25) is 5.89 Å². The first kappa shape index (κ1) is 14.7. The summed E-state index contributed by atoms with van der Waals surface area (Å²) in [7, 11) is 0. The molecule has 3 rings (SSSR count). The van der Waals surface area contributed by atoms with Gasteiger partial charge in [0.25, 0.3) is 0 Å². The molecule has 3 aromatic rings. The van der Waals surface area contributed by atoms with E-state index in [1.54, 1.807) is 18.4 Å². The molecule has 6 nitrogen and oxygen atoms in total. The highest BCUT2D eigenvalue weighted by Gasteiger charge is 2.09. The van der Waals surface area contributed by atoms with Gasteiger partial charge in [0.15, 0.2) is 5.16 Å². The van der Waals surface area contributed by atoms with E-state index in [-0.39, 0.29) is 0 Å². The van der Waals surface area contributed by atoms with Crippen LogP contribution in [-0.2, 0) is 5.75 Å². The number of nitrogen functional groups attached to an aromatic ring is 2. The SMILES string of the molecule is Nc1cc(N)nc(SCc2coc(-c3cccc(Cl)c3)n2)n1. The molecule has 0 saturated carbocycles. The zero-order valence-corrected chi connectivity index (χ0v) is 12.9. The lowest BCUT2D eigenvalue weighted by atomic mass is 10.2. The summed E-state index contributed by atoms with van der Waals surface area (Å²) in [6.07, 6.45) is 1.60. The van der Waals surface area contributed by atoms with Crippen molar-refractivity contribution in [3.8, 4) is 11.5 Å². The van der Waals surface area contributed by atoms with Crippen LogP contribution >= 0.6 is 23.4 Å². The van der Waals surface area contributed by atoms with E-state index in [1.165, 1.54) is 17.8 Å². The first-order valence-corrected chi connectivity index (χ1v) is 7.70. The van der Waals surface area contributed by atoms with Crippen LogP contribution in [0.2, 0.25) is 5.02 Å². The second-order valence-electron chi connectivity index (χ2n) is 4.44. The van der Waals surface area contributed by atoms with Crippen LogP contribution in [0, 0.1) is 0 Å². The Labute approximate surface area is 135 Å². The molecule has 4 N–H and O–H groups in total. The highest BCUT2D eigenvalue weighted by molar-refractivity contribution is 7.98. The topological polar surface area (TPSA) is 104 Å². The number of benzene rings is 1. The Balaban J connectivity index is 1.72. The molecule has 22 heavy (non-hydrogen) atoms. The van der Waals surface area contributed by atoms with Crippen molar-refractivity contribution in [2.75, 3.05) is 11.5 Å². The Morgan fingerprint density at radius 1 is 1.09 bits per heavy atom. The molecule has 0 fully saturated rings. The maximum absolute atomic E-state index is 5.96. The predicted octanol–water partition coefficient (Wildman–Crippen LogP) is 3.24. The predicted molar refractivity (Wildman–Crippen MR) is 87.4 cm³/mol. The van der Waals surface area contributed by atoms with Crippen LogP contribution in [0.3, 0.4) is 0 Å². The minimum atomic E-state index is 0.342. The van der Waals surface area contributed by atoms with Gasteiger partial charge in [0.05, 0.1) is 5.69 Å². The van der Waals surface area contributed by atoms with Crippen molar-refractivity contribution in [3.05, 3.63) is 47.3 Å². The second kappa shape index (κ2) is 6.25. The number of hydrogen-bond acceptors (Lipinski definition) is 7. The summed E-state index contributed by atoms with van der Waals surface area (Å²) in [5.41, 5.74) is 12.9. The maximum Gasteiger partial charge on any atom is 0.226 e. The third-order valence-corrected chi connectivity index (χ3v) is 3.83. The molecular formula is C14H12ClN5OS. The fourth-order valence-electron chi connectivity index (χ4n) is 1.79. The van der Waals surface area contributed by atoms with Crippen LogP contribution in [0.15, 0.2) is 46.2 Å². The molecule has 0 aliphatic carbocycles. The summed E-state index contributed by atoms with van der Waals surface area (Å²) >= 11 is 7.34. The Bertz CT molecular complexity index is 787. The lowest BCUT2D eigenvalue weighted by molar-refractivity contribution is 0.573. The first-order chi connectivity index (χ1) is 10.6. The average Bonchev–Trinajstić information content (AvgIpc) is 2.93. The van der Waals surface area contributed by atoms with Gasteiger partial charge in [0.1, 0.15) is 17.9 Å². The van der Waals surface area contributed by atoms with E-state index < -0.39 is 0 Å². The molecule has 0 amide bonds. The summed E-state index contributed by atoms with van der Waals surface area (Å²) in [6.45, 7) is 0. The molecule has 0 spiro atoms. The number of thioether (sulfide) groups is 1. The zero-order chi connectivity index (χ0) is 15.5. The van der Waals surface area contributed by atoms with Crippen molar-refractivity contribution < 1.29 is 4.42 Å². The molecule has 2 heterocycles. The van der Waals surface area contributed by atoms with Crippen molar-refractivity contribution in [2.45, 2.75) is 10.9 Å². The quantitative estimate of drug-likeness (QED) is 0.557. The third-order valence-electron chi connectivity index (χ3n) is 2.72. The fraction of sp³-hybridized carbons (Fsp3) is 0.0714. The summed E-state index contributed by atoms with van der Waals surface area (Å²) in [4.78, 5) is 12.6. The van der Waals surface area contributed by atoms with E-state index in [1.807, 2.05) is 12.1 Å². The monoisotopic (exact) mass is 333 g/mol. The third kappa shape index (κ3) is 3.49. The van der Waals surface area contributed by atoms with Gasteiger partial charge in [-0.1, -0.05) is 29.4 Å². The summed E-state index contributed by atoms with van der Waals surface area (Å²) in [5, 5.41) is 1.14. The lowest BCUT2D eigenvalue weighted by Gasteiger charge is -2.00. The van der Waals surface area contributed by atoms with Crippen molar-refractivity contribution in [3.63, 3.8) is 0 Å². The highest BCUT2D eigenvalue weighted by atomic mass is 35.5. The van der Waals surface area contributed by atoms with Gasteiger partial charge in [-0.3, -0.25) is 0 Å².